The van der Waals surface area contributed by atoms with E-state index in [2.05, 4.69) is 43.0 Å². The summed E-state index contributed by atoms with van der Waals surface area (Å²) in [5.74, 6) is -4.68. The summed E-state index contributed by atoms with van der Waals surface area (Å²) < 4.78 is 41.8. The van der Waals surface area contributed by atoms with Gasteiger partial charge in [-0.25, -0.2) is 4.98 Å². The van der Waals surface area contributed by atoms with E-state index in [-0.39, 0.29) is 60.2 Å². The van der Waals surface area contributed by atoms with Gasteiger partial charge >= 0.3 is 5.92 Å². The molecule has 0 radical (unpaired) electrons. The molecule has 2 saturated heterocycles. The van der Waals surface area contributed by atoms with E-state index in [1.807, 2.05) is 18.2 Å². The Hall–Kier alpha value is -6.69. The number of benzene rings is 3. The second-order valence-electron chi connectivity index (χ2n) is 17.4. The van der Waals surface area contributed by atoms with Gasteiger partial charge in [-0.15, -0.1) is 0 Å². The Bertz CT molecular complexity index is 2510. The van der Waals surface area contributed by atoms with Gasteiger partial charge in [0.25, 0.3) is 17.7 Å². The van der Waals surface area contributed by atoms with E-state index in [1.54, 1.807) is 35.2 Å². The number of halogens is 2. The molecule has 3 N–H and O–H groups in total. The highest BCUT2D eigenvalue weighted by Crippen LogP contribution is 2.40. The fourth-order valence-corrected chi connectivity index (χ4v) is 9.47. The number of hydrogen-bond acceptors (Lipinski definition) is 12. The molecule has 340 valence electrons. The lowest BCUT2D eigenvalue weighted by atomic mass is 10.0. The minimum atomic E-state index is -3.58. The third-order valence-electron chi connectivity index (χ3n) is 13.1. The van der Waals surface area contributed by atoms with E-state index >= 15 is 8.78 Å². The number of nitrogens with zero attached hydrogens (tertiary/aromatic N) is 6. The summed E-state index contributed by atoms with van der Waals surface area (Å²) in [6, 6.07) is 17.7. The Balaban J connectivity index is 0.750. The van der Waals surface area contributed by atoms with Crippen LogP contribution in [0.3, 0.4) is 0 Å². The van der Waals surface area contributed by atoms with Gasteiger partial charge in [0.05, 0.1) is 25.5 Å². The lowest BCUT2D eigenvalue weighted by molar-refractivity contribution is -0.140. The number of piperidine rings is 2. The maximum Gasteiger partial charge on any atom is 0.342 e. The van der Waals surface area contributed by atoms with Crippen LogP contribution in [0.5, 0.6) is 11.5 Å². The third-order valence-corrected chi connectivity index (χ3v) is 13.1. The molecular weight excluding hydrogens is 841 g/mol. The number of anilines is 4. The Morgan fingerprint density at radius 3 is 2.42 bits per heavy atom. The zero-order valence-electron chi connectivity index (χ0n) is 36.3. The molecule has 0 unspecified atom stereocenters. The molecule has 0 bridgehead atoms. The Morgan fingerprint density at radius 1 is 0.923 bits per heavy atom. The molecule has 1 aromatic heterocycles. The number of rotatable bonds is 12. The van der Waals surface area contributed by atoms with Crippen molar-refractivity contribution in [2.24, 2.45) is 0 Å². The van der Waals surface area contributed by atoms with Crippen LogP contribution in [0.1, 0.15) is 88.8 Å². The van der Waals surface area contributed by atoms with Crippen LogP contribution in [0, 0.1) is 0 Å². The number of carbonyl (C=O) groups is 5. The fourth-order valence-electron chi connectivity index (χ4n) is 9.47. The Kier molecular flexibility index (Phi) is 12.1. The summed E-state index contributed by atoms with van der Waals surface area (Å²) in [6.07, 6.45) is 6.76. The number of imide groups is 1. The summed E-state index contributed by atoms with van der Waals surface area (Å²) in [5.41, 5.74) is 4.59. The molecule has 5 amide bonds. The number of alkyl halides is 2. The molecule has 1 aliphatic carbocycles. The van der Waals surface area contributed by atoms with E-state index in [0.29, 0.717) is 41.3 Å². The smallest absolute Gasteiger partial charge is 0.342 e. The number of amides is 5. The minimum absolute atomic E-state index is 0.00639. The highest BCUT2D eigenvalue weighted by Gasteiger charge is 2.49. The molecule has 5 heterocycles. The SMILES string of the molecule is COc1cc(C(=O)NC2CCN(Cc3ccc(COc4ccc5c(c4)CN([C@H]4CCC(=O)NC4=O)C5=O)cc3)CC2)ccc1Nc1ncc2c(n1)N(C1CCCC1)CC(F)(F)C(=O)N2C. The van der Waals surface area contributed by atoms with Crippen molar-refractivity contribution in [3.63, 3.8) is 0 Å². The number of aromatic nitrogens is 2. The van der Waals surface area contributed by atoms with Crippen molar-refractivity contribution in [3.8, 4) is 11.5 Å². The van der Waals surface area contributed by atoms with Crippen LogP contribution in [-0.2, 0) is 34.1 Å². The average Bonchev–Trinajstić information content (AvgIpc) is 3.95. The summed E-state index contributed by atoms with van der Waals surface area (Å²) >= 11 is 0. The monoisotopic (exact) mass is 891 g/mol. The van der Waals surface area contributed by atoms with Crippen molar-refractivity contribution < 1.29 is 42.2 Å². The highest BCUT2D eigenvalue weighted by atomic mass is 19.3. The third kappa shape index (κ3) is 9.16. The Labute approximate surface area is 374 Å². The first-order chi connectivity index (χ1) is 31.3. The van der Waals surface area contributed by atoms with E-state index in [9.17, 15) is 24.0 Å². The molecule has 18 heteroatoms. The van der Waals surface area contributed by atoms with Gasteiger partial charge in [-0.05, 0) is 85.2 Å². The molecule has 3 fully saturated rings. The zero-order valence-corrected chi connectivity index (χ0v) is 36.3. The van der Waals surface area contributed by atoms with Crippen molar-refractivity contribution in [2.75, 3.05) is 48.9 Å². The predicted molar refractivity (Wildman–Crippen MR) is 235 cm³/mol. The first-order valence-corrected chi connectivity index (χ1v) is 22.1. The lowest BCUT2D eigenvalue weighted by Crippen LogP contribution is -2.52. The predicted octanol–water partition coefficient (Wildman–Crippen LogP) is 5.32. The van der Waals surface area contributed by atoms with Crippen molar-refractivity contribution >= 4 is 52.7 Å². The zero-order chi connectivity index (χ0) is 45.4. The van der Waals surface area contributed by atoms with E-state index < -0.39 is 30.3 Å². The fraction of sp³-hybridized carbons (Fsp3) is 0.426. The van der Waals surface area contributed by atoms with Crippen LogP contribution in [0.2, 0.25) is 0 Å². The number of carbonyl (C=O) groups excluding carboxylic acids is 5. The molecule has 0 spiro atoms. The van der Waals surface area contributed by atoms with Crippen molar-refractivity contribution in [2.45, 2.75) is 95.1 Å². The second kappa shape index (κ2) is 18.1. The topological polar surface area (TPSA) is 179 Å². The lowest BCUT2D eigenvalue weighted by Gasteiger charge is -2.32. The standard InChI is InChI=1S/C47H51F2N9O7/c1-55-38-23-50-46(54-41(38)58(33-5-3-4-6-33)27-47(48,49)45(55)63)52-36-14-11-30(22-39(36)64-2)42(60)51-32-17-19-56(20-18-32)24-28-7-9-29(10-8-28)26-65-34-12-13-35-31(21-34)25-57(44(35)62)37-15-16-40(59)53-43(37)61/h7-14,21-23,32-33,37H,3-6,15-20,24-27H2,1-2H3,(H,51,60)(H,50,52,54)(H,53,59,61)/t37-/m0/s1. The number of methoxy groups -OCH3 is 1. The van der Waals surface area contributed by atoms with Crippen LogP contribution >= 0.6 is 0 Å². The first-order valence-electron chi connectivity index (χ1n) is 22.1. The van der Waals surface area contributed by atoms with Crippen LogP contribution in [-0.4, -0.2) is 107 Å². The van der Waals surface area contributed by atoms with Gasteiger partial charge in [0.15, 0.2) is 5.82 Å². The summed E-state index contributed by atoms with van der Waals surface area (Å²) in [5, 5.41) is 8.63. The summed E-state index contributed by atoms with van der Waals surface area (Å²) in [4.78, 5) is 78.5. The van der Waals surface area contributed by atoms with E-state index in [4.69, 9.17) is 9.47 Å². The van der Waals surface area contributed by atoms with E-state index in [0.717, 1.165) is 79.7 Å². The second-order valence-corrected chi connectivity index (χ2v) is 17.4. The molecule has 5 aliphatic rings. The van der Waals surface area contributed by atoms with Gasteiger partial charge < -0.3 is 34.8 Å². The van der Waals surface area contributed by atoms with Crippen molar-refractivity contribution in [1.29, 1.82) is 0 Å². The van der Waals surface area contributed by atoms with E-state index in [1.165, 1.54) is 25.3 Å². The van der Waals surface area contributed by atoms with Crippen LogP contribution in [0.15, 0.2) is 66.9 Å². The molecule has 4 aromatic rings. The maximum absolute atomic E-state index is 15.1. The van der Waals surface area contributed by atoms with Gasteiger partial charge in [-0.3, -0.25) is 34.2 Å². The normalized spacial score (nSPS) is 20.3. The van der Waals surface area contributed by atoms with Gasteiger partial charge in [-0.2, -0.15) is 13.8 Å². The first kappa shape index (κ1) is 43.6. The number of fused-ring (bicyclic) bond motifs is 2. The molecule has 1 atom stereocenters. The van der Waals surface area contributed by atoms with Crippen molar-refractivity contribution in [1.82, 2.24) is 30.4 Å². The highest BCUT2D eigenvalue weighted by molar-refractivity contribution is 6.05. The van der Waals surface area contributed by atoms with Gasteiger partial charge in [0.2, 0.25) is 17.8 Å². The molecular formula is C47H51F2N9O7. The largest absolute Gasteiger partial charge is 0.495 e. The van der Waals surface area contributed by atoms with Crippen LogP contribution < -0.4 is 35.2 Å². The van der Waals surface area contributed by atoms with Crippen LogP contribution in [0.25, 0.3) is 0 Å². The molecule has 3 aromatic carbocycles. The molecule has 9 rings (SSSR count). The molecule has 1 saturated carbocycles. The minimum Gasteiger partial charge on any atom is -0.495 e. The van der Waals surface area contributed by atoms with Gasteiger partial charge in [0, 0.05) is 62.9 Å². The van der Waals surface area contributed by atoms with Gasteiger partial charge in [-0.1, -0.05) is 37.1 Å². The number of nitrogens with one attached hydrogen (secondary N) is 3. The van der Waals surface area contributed by atoms with Gasteiger partial charge in [0.1, 0.15) is 29.8 Å². The molecule has 65 heavy (non-hydrogen) atoms. The number of ether oxygens (including phenoxy) is 2. The van der Waals surface area contributed by atoms with Crippen LogP contribution in [0.4, 0.5) is 31.9 Å². The van der Waals surface area contributed by atoms with Crippen molar-refractivity contribution in [3.05, 3.63) is 94.7 Å². The summed E-state index contributed by atoms with van der Waals surface area (Å²) in [7, 11) is 2.80. The number of hydrogen-bond donors (Lipinski definition) is 3. The summed E-state index contributed by atoms with van der Waals surface area (Å²) in [6.45, 7) is 2.26. The average molecular weight is 892 g/mol. The maximum atomic E-state index is 15.1. The molecule has 16 nitrogen and oxygen atoms in total. The Morgan fingerprint density at radius 2 is 1.68 bits per heavy atom. The number of likely N-dealkylation sites (tertiary alicyclic amines) is 1. The quantitative estimate of drug-likeness (QED) is 0.156. The molecule has 4 aliphatic heterocycles.